The van der Waals surface area contributed by atoms with Crippen molar-refractivity contribution < 1.29 is 18.0 Å². The number of halogens is 3. The number of alkyl halides is 3. The van der Waals surface area contributed by atoms with Gasteiger partial charge in [0.2, 0.25) is 11.7 Å². The van der Waals surface area contributed by atoms with Gasteiger partial charge in [0.05, 0.1) is 56.6 Å². The van der Waals surface area contributed by atoms with Crippen molar-refractivity contribution in [2.24, 2.45) is 42.3 Å². The van der Waals surface area contributed by atoms with Gasteiger partial charge in [-0.2, -0.15) is 38.7 Å². The van der Waals surface area contributed by atoms with Crippen molar-refractivity contribution in [1.82, 2.24) is 103 Å². The van der Waals surface area contributed by atoms with Crippen molar-refractivity contribution in [3.8, 4) is 22.4 Å². The van der Waals surface area contributed by atoms with Crippen LogP contribution in [-0.4, -0.2) is 242 Å². The van der Waals surface area contributed by atoms with E-state index in [-0.39, 0.29) is 11.3 Å². The van der Waals surface area contributed by atoms with Crippen molar-refractivity contribution in [2.75, 3.05) is 152 Å². The largest absolute Gasteiger partial charge is 0.451 e. The Labute approximate surface area is 875 Å². The molecule has 21 rings (SSSR count). The molecule has 0 N–H and O–H groups in total. The molecule has 790 valence electrons. The van der Waals surface area contributed by atoms with E-state index in [1.165, 1.54) is 103 Å². The second-order valence-electron chi connectivity index (χ2n) is 44.0. The summed E-state index contributed by atoms with van der Waals surface area (Å²) in [5.74, 6) is 7.85. The number of anilines is 5. The summed E-state index contributed by atoms with van der Waals surface area (Å²) in [5.41, 5.74) is 25.0. The third-order valence-electron chi connectivity index (χ3n) is 29.8. The number of fused-ring (bicyclic) bond motifs is 8. The minimum atomic E-state index is -4.41. The Kier molecular flexibility index (Phi) is 35.1. The van der Waals surface area contributed by atoms with Gasteiger partial charge in [0.1, 0.15) is 17.3 Å². The number of hydrogen-bond donors (Lipinski definition) is 0. The van der Waals surface area contributed by atoms with Gasteiger partial charge < -0.3 is 48.3 Å². The Morgan fingerprint density at radius 2 is 0.858 bits per heavy atom. The van der Waals surface area contributed by atoms with Crippen LogP contribution >= 0.6 is 0 Å². The highest BCUT2D eigenvalue weighted by atomic mass is 19.4. The molecule has 5 aliphatic heterocycles. The lowest BCUT2D eigenvalue weighted by atomic mass is 9.84. The smallest absolute Gasteiger partial charge is 0.361 e. The van der Waals surface area contributed by atoms with E-state index < -0.39 is 12.0 Å². The number of amides is 1. The molecule has 30 heteroatoms. The highest BCUT2D eigenvalue weighted by Crippen LogP contribution is 2.44. The lowest BCUT2D eigenvalue weighted by molar-refractivity contribution is -0.148. The minimum absolute atomic E-state index is 0.184. The molecule has 10 aromatic heterocycles. The van der Waals surface area contributed by atoms with Crippen molar-refractivity contribution in [3.05, 3.63) is 232 Å². The van der Waals surface area contributed by atoms with E-state index >= 15 is 0 Å². The molecule has 0 unspecified atom stereocenters. The Hall–Kier alpha value is -12.9. The highest BCUT2D eigenvalue weighted by molar-refractivity contribution is 6.07. The Morgan fingerprint density at radius 3 is 1.38 bits per heavy atom. The van der Waals surface area contributed by atoms with Gasteiger partial charge in [0, 0.05) is 241 Å². The number of nitrogens with zero attached hydrogens (tertiary/aromatic N) is 26. The van der Waals surface area contributed by atoms with E-state index in [0.717, 1.165) is 152 Å². The first-order valence-corrected chi connectivity index (χ1v) is 52.8. The third-order valence-corrected chi connectivity index (χ3v) is 29.8. The van der Waals surface area contributed by atoms with E-state index in [1.54, 1.807) is 11.1 Å². The predicted octanol–water partition coefficient (Wildman–Crippen LogP) is 22.8. The van der Waals surface area contributed by atoms with E-state index in [0.29, 0.717) is 72.9 Å². The summed E-state index contributed by atoms with van der Waals surface area (Å²) in [6.45, 7) is 57.5. The van der Waals surface area contributed by atoms with E-state index in [1.807, 2.05) is 133 Å². The Morgan fingerprint density at radius 1 is 0.405 bits per heavy atom. The first kappa shape index (κ1) is 111. The van der Waals surface area contributed by atoms with E-state index in [2.05, 4.69) is 351 Å². The Balaban J connectivity index is 0.000000134. The molecular weight excluding hydrogens is 1850 g/mol. The standard InChI is InChI=1S/C22H29N5.2C16H24N4.C16H17N3.C14H19NO.C13H19N3.C12H16N2.C9H13F3N4/c1-15(2)18-13-20(23-22(14-18)27-10-8-25(4)9-11-27)17-6-7-21-19(12-17)16(3)24-26(21)5;1-12(2)13-5-6-15-14(11-13)16(17-19(15)4)20-9-7-18(3)8-10-20;1-12(2)13-5-6-14-15(11-13)19(4)17-16(14)20-9-7-18(3)8-10-20;1-11(2)13-7-14-15(12-5-4-6-17-8-12)10-19(3)16(14)18-9-13;1-9(2)10-6-7-12-11(8-10)14(3,4)13(16)15(12)5;1-9(2)10-6-7-12-11(8-10)13(15(3)4)14-16(12)5;1-8(2)10-5-6-12-11(7-10)9(3)13-14(12)4;1-6(2)15-3-4-16-7(5-15)13-14-8(16)9(10,11)12/h6-7,12-15H,8-11H2,1-5H3;2*5-6,11-12H,7-10H2,1-4H3;4-11H,1-3H3;2*6-9H,1-5H3;5-8H,1-4H3;6H,3-5H2,1-2H3. The van der Waals surface area contributed by atoms with Gasteiger partial charge >= 0.3 is 6.18 Å². The molecule has 27 nitrogen and oxygen atoms in total. The number of carbonyl (C=O) groups is 1. The maximum Gasteiger partial charge on any atom is 0.451 e. The second-order valence-corrected chi connectivity index (χ2v) is 44.0. The van der Waals surface area contributed by atoms with Crippen LogP contribution in [0.4, 0.5) is 42.1 Å². The normalized spacial score (nSPS) is 15.2. The van der Waals surface area contributed by atoms with Crippen LogP contribution in [0.3, 0.4) is 0 Å². The van der Waals surface area contributed by atoms with Crippen LogP contribution in [0.15, 0.2) is 164 Å². The van der Waals surface area contributed by atoms with Crippen LogP contribution in [0.5, 0.6) is 0 Å². The number of benzene rings is 6. The van der Waals surface area contributed by atoms with Gasteiger partial charge in [-0.25, -0.2) is 9.97 Å². The van der Waals surface area contributed by atoms with Crippen LogP contribution in [0.2, 0.25) is 0 Å². The summed E-state index contributed by atoms with van der Waals surface area (Å²) in [4.78, 5) is 46.2. The van der Waals surface area contributed by atoms with Crippen LogP contribution in [0.1, 0.15) is 234 Å². The molecule has 0 bridgehead atoms. The minimum Gasteiger partial charge on any atom is -0.361 e. The maximum atomic E-state index is 12.5. The molecule has 6 aromatic carbocycles. The fraction of sp³-hybridized carbons (Fsp3) is 0.483. The number of likely N-dealkylation sites (N-methyl/N-ethyl adjacent to an activating group) is 4. The highest BCUT2D eigenvalue weighted by Gasteiger charge is 2.43. The van der Waals surface area contributed by atoms with Gasteiger partial charge in [-0.05, 0) is 240 Å². The lowest BCUT2D eigenvalue weighted by Crippen LogP contribution is -2.44. The molecular formula is C118H161F3N26O. The Bertz CT molecular complexity index is 7230. The van der Waals surface area contributed by atoms with Crippen molar-refractivity contribution >= 4 is 100 Å². The summed E-state index contributed by atoms with van der Waals surface area (Å²) < 4.78 is 50.7. The van der Waals surface area contributed by atoms with E-state index in [9.17, 15) is 18.0 Å². The van der Waals surface area contributed by atoms with Crippen LogP contribution < -0.4 is 24.5 Å². The fourth-order valence-electron chi connectivity index (χ4n) is 19.9. The first-order valence-electron chi connectivity index (χ1n) is 52.8. The number of piperazine rings is 3. The first-order chi connectivity index (χ1) is 70.0. The summed E-state index contributed by atoms with van der Waals surface area (Å²) >= 11 is 0. The monoisotopic (exact) mass is 2020 g/mol. The van der Waals surface area contributed by atoms with Crippen molar-refractivity contribution in [2.45, 2.75) is 211 Å². The molecule has 148 heavy (non-hydrogen) atoms. The van der Waals surface area contributed by atoms with Crippen LogP contribution in [0, 0.1) is 13.8 Å². The third kappa shape index (κ3) is 25.1. The van der Waals surface area contributed by atoms with Gasteiger partial charge in [-0.15, -0.1) is 10.2 Å². The van der Waals surface area contributed by atoms with Crippen molar-refractivity contribution in [3.63, 3.8) is 0 Å². The zero-order chi connectivity index (χ0) is 107. The number of aromatic nitrogens is 17. The lowest BCUT2D eigenvalue weighted by Gasteiger charge is -2.33. The van der Waals surface area contributed by atoms with Gasteiger partial charge in [0.25, 0.3) is 0 Å². The number of hydrogen-bond acceptors (Lipinski definition) is 19. The maximum absolute atomic E-state index is 12.5. The zero-order valence-corrected chi connectivity index (χ0v) is 94.0. The van der Waals surface area contributed by atoms with E-state index in [4.69, 9.17) is 15.2 Å². The molecule has 0 atom stereocenters. The van der Waals surface area contributed by atoms with Crippen LogP contribution in [0.25, 0.3) is 87.9 Å². The molecule has 0 aliphatic carbocycles. The van der Waals surface area contributed by atoms with Gasteiger partial charge in [0.15, 0.2) is 17.5 Å². The molecule has 3 fully saturated rings. The summed E-state index contributed by atoms with van der Waals surface area (Å²) in [6.07, 6.45) is 3.38. The molecule has 5 aliphatic rings. The predicted molar refractivity (Wildman–Crippen MR) is 606 cm³/mol. The molecule has 16 aromatic rings. The van der Waals surface area contributed by atoms with Crippen LogP contribution in [-0.2, 0) is 71.8 Å². The quantitative estimate of drug-likeness (QED) is 0.0991. The molecule has 1 amide bonds. The average Bonchev–Trinajstić information content (AvgIpc) is 1.58. The van der Waals surface area contributed by atoms with Gasteiger partial charge in [-0.1, -0.05) is 145 Å². The number of carbonyl (C=O) groups excluding carboxylic acids is 1. The summed E-state index contributed by atoms with van der Waals surface area (Å²) in [6, 6.07) is 50.8. The molecule has 0 radical (unpaired) electrons. The number of pyridine rings is 3. The number of aryl methyl sites for hydroxylation is 8. The molecule has 0 saturated carbocycles. The average molecular weight is 2020 g/mol. The summed E-state index contributed by atoms with van der Waals surface area (Å²) in [5, 5.41) is 37.3. The molecule has 15 heterocycles. The fourth-order valence-corrected chi connectivity index (χ4v) is 19.9. The zero-order valence-electron chi connectivity index (χ0n) is 94.0. The van der Waals surface area contributed by atoms with Gasteiger partial charge in [-0.3, -0.25) is 38.1 Å². The SMILES string of the molecule is CC(C)N1CCn2c(nnc2C(F)(F)F)C1.CC(C)c1ccc2c(N3CCN(C)CC3)nn(C)c2c1.CC(C)c1ccc2c(c1)C(C)(C)C(=O)N2C.CC(C)c1ccc2c(c1)c(N(C)C)nn2C.CC(C)c1ccc2c(c1)c(N1CCN(C)CC1)nn2C.CC(C)c1cnc2c(c1)c(-c1cccnc1)cn2C.Cc1nn(C)c2ccc(-c3cc(C(C)C)cc(N4CCN(C)CC4)n3)cc12.Cc1nn(C)c2ccc(C(C)C)cc12. The van der Waals surface area contributed by atoms with Crippen molar-refractivity contribution in [1.29, 1.82) is 0 Å². The topological polar surface area (TPSA) is 210 Å². The second kappa shape index (κ2) is 46.9. The summed E-state index contributed by atoms with van der Waals surface area (Å²) in [7, 11) is 24.6. The molecule has 3 saturated heterocycles. The number of rotatable bonds is 14. The molecule has 0 spiro atoms.